The largest absolute Gasteiger partial charge is 0.298 e. The number of rotatable bonds is 1. The van der Waals surface area contributed by atoms with Gasteiger partial charge in [0, 0.05) is 11.0 Å². The zero-order chi connectivity index (χ0) is 17.4. The van der Waals surface area contributed by atoms with E-state index in [0.717, 1.165) is 4.48 Å². The summed E-state index contributed by atoms with van der Waals surface area (Å²) >= 11 is 0. The molecule has 0 atom stereocenters. The summed E-state index contributed by atoms with van der Waals surface area (Å²) in [5, 5.41) is 0. The molecule has 0 aromatic heterocycles. The third-order valence-corrected chi connectivity index (χ3v) is 7.75. The average Bonchev–Trinajstić information content (AvgIpc) is 2.34. The second-order valence-electron chi connectivity index (χ2n) is 10.2. The Morgan fingerprint density at radius 3 is 1.57 bits per heavy atom. The minimum Gasteiger partial charge on any atom is -0.298 e. The maximum atomic E-state index is 2.46. The molecular formula is C21H37IN+. The summed E-state index contributed by atoms with van der Waals surface area (Å²) in [6, 6.07) is 6.95. The van der Waals surface area contributed by atoms with Gasteiger partial charge in [0.25, 0.3) is 0 Å². The second-order valence-corrected chi connectivity index (χ2v) is 10.2. The van der Waals surface area contributed by atoms with Crippen molar-refractivity contribution in [2.45, 2.75) is 66.2 Å². The van der Waals surface area contributed by atoms with E-state index in [1.165, 1.54) is 11.3 Å². The van der Waals surface area contributed by atoms with Crippen LogP contribution in [-0.2, 0) is 10.8 Å². The molecule has 0 N–H and O–H groups in total. The van der Waals surface area contributed by atoms with E-state index >= 15 is 0 Å². The summed E-state index contributed by atoms with van der Waals surface area (Å²) in [5.74, 6) is 0. The SMILES string of the molecule is CC1(C)c2cccc([N+](C)(C)C)c2C(C)(C)C(C)(C)C1(C)C.I. The van der Waals surface area contributed by atoms with E-state index in [1.54, 1.807) is 5.56 Å². The molecule has 0 spiro atoms. The number of quaternary nitrogens is 1. The highest BCUT2D eigenvalue weighted by molar-refractivity contribution is 14.0. The van der Waals surface area contributed by atoms with Crippen molar-refractivity contribution >= 4 is 29.7 Å². The highest BCUT2D eigenvalue weighted by Gasteiger charge is 2.61. The van der Waals surface area contributed by atoms with Crippen molar-refractivity contribution in [3.8, 4) is 0 Å². The first-order valence-electron chi connectivity index (χ1n) is 8.56. The van der Waals surface area contributed by atoms with Crippen molar-refractivity contribution in [3.05, 3.63) is 29.3 Å². The predicted octanol–water partition coefficient (Wildman–Crippen LogP) is 6.12. The molecule has 1 aliphatic rings. The first-order chi connectivity index (χ1) is 9.60. The van der Waals surface area contributed by atoms with Crippen molar-refractivity contribution < 1.29 is 0 Å². The Balaban J connectivity index is 0.00000264. The van der Waals surface area contributed by atoms with Gasteiger partial charge in [-0.15, -0.1) is 24.0 Å². The molecule has 1 aliphatic carbocycles. The number of halogens is 1. The van der Waals surface area contributed by atoms with E-state index in [1.807, 2.05) is 0 Å². The van der Waals surface area contributed by atoms with E-state index in [4.69, 9.17) is 0 Å². The molecule has 0 saturated carbocycles. The van der Waals surface area contributed by atoms with Crippen LogP contribution in [0.25, 0.3) is 0 Å². The van der Waals surface area contributed by atoms with Gasteiger partial charge in [0.2, 0.25) is 0 Å². The molecule has 0 aliphatic heterocycles. The van der Waals surface area contributed by atoms with Crippen LogP contribution in [0.3, 0.4) is 0 Å². The van der Waals surface area contributed by atoms with Crippen molar-refractivity contribution in [2.75, 3.05) is 21.1 Å². The van der Waals surface area contributed by atoms with Crippen molar-refractivity contribution in [1.82, 2.24) is 4.48 Å². The Kier molecular flexibility index (Phi) is 4.97. The normalized spacial score (nSPS) is 23.6. The standard InChI is InChI=1S/C21H36N.HI/c1-18(2)15-13-12-14-16(22(9,10)11)17(15)19(3,4)21(7,8)20(18,5)6;/h12-14H,1-11H3;1H/q+1;. The number of fused-ring (bicyclic) bond motifs is 1. The minimum atomic E-state index is 0. The van der Waals surface area contributed by atoms with Crippen LogP contribution in [0.1, 0.15) is 66.5 Å². The van der Waals surface area contributed by atoms with Crippen molar-refractivity contribution in [3.63, 3.8) is 0 Å². The Hall–Kier alpha value is -0.0900. The lowest BCUT2D eigenvalue weighted by Gasteiger charge is -2.64. The Bertz CT molecular complexity index is 601. The summed E-state index contributed by atoms with van der Waals surface area (Å²) in [6.07, 6.45) is 0. The molecule has 2 rings (SSSR count). The molecule has 0 heterocycles. The van der Waals surface area contributed by atoms with Crippen LogP contribution in [0.5, 0.6) is 0 Å². The first kappa shape index (κ1) is 21.0. The first-order valence-corrected chi connectivity index (χ1v) is 8.56. The summed E-state index contributed by atoms with van der Waals surface area (Å²) in [7, 11) is 6.85. The van der Waals surface area contributed by atoms with E-state index in [9.17, 15) is 0 Å². The molecule has 0 bridgehead atoms. The van der Waals surface area contributed by atoms with Gasteiger partial charge in [0.05, 0.1) is 21.1 Å². The summed E-state index contributed by atoms with van der Waals surface area (Å²) in [5.41, 5.74) is 5.24. The van der Waals surface area contributed by atoms with E-state index in [0.29, 0.717) is 0 Å². The summed E-state index contributed by atoms with van der Waals surface area (Å²) in [6.45, 7) is 19.6. The van der Waals surface area contributed by atoms with Crippen LogP contribution < -0.4 is 4.48 Å². The number of nitrogens with zero attached hydrogens (tertiary/aromatic N) is 1. The molecule has 132 valence electrons. The molecule has 1 nitrogen and oxygen atoms in total. The molecule has 0 amide bonds. The van der Waals surface area contributed by atoms with Gasteiger partial charge in [0.15, 0.2) is 0 Å². The number of benzene rings is 1. The highest BCUT2D eigenvalue weighted by atomic mass is 127. The summed E-state index contributed by atoms with van der Waals surface area (Å²) < 4.78 is 0.874. The summed E-state index contributed by atoms with van der Waals surface area (Å²) in [4.78, 5) is 0. The van der Waals surface area contributed by atoms with Crippen molar-refractivity contribution in [1.29, 1.82) is 0 Å². The lowest BCUT2D eigenvalue weighted by molar-refractivity contribution is -0.0443. The molecule has 0 fully saturated rings. The molecular weight excluding hydrogens is 393 g/mol. The monoisotopic (exact) mass is 430 g/mol. The zero-order valence-electron chi connectivity index (χ0n) is 17.1. The lowest BCUT2D eigenvalue weighted by atomic mass is 9.40. The van der Waals surface area contributed by atoms with Crippen LogP contribution in [0.2, 0.25) is 0 Å². The molecule has 1 aromatic carbocycles. The van der Waals surface area contributed by atoms with Gasteiger partial charge >= 0.3 is 0 Å². The fourth-order valence-corrected chi connectivity index (χ4v) is 4.49. The Morgan fingerprint density at radius 1 is 0.696 bits per heavy atom. The van der Waals surface area contributed by atoms with E-state index < -0.39 is 0 Å². The maximum absolute atomic E-state index is 2.46. The quantitative estimate of drug-likeness (QED) is 0.372. The molecule has 0 radical (unpaired) electrons. The second kappa shape index (κ2) is 5.45. The van der Waals surface area contributed by atoms with Gasteiger partial charge < -0.3 is 0 Å². The molecule has 0 unspecified atom stereocenters. The smallest absolute Gasteiger partial charge is 0.136 e. The topological polar surface area (TPSA) is 0 Å². The zero-order valence-corrected chi connectivity index (χ0v) is 19.4. The van der Waals surface area contributed by atoms with Crippen LogP contribution in [0.4, 0.5) is 5.69 Å². The highest BCUT2D eigenvalue weighted by Crippen LogP contribution is 2.66. The van der Waals surface area contributed by atoms with Gasteiger partial charge in [0.1, 0.15) is 5.69 Å². The molecule has 1 aromatic rings. The van der Waals surface area contributed by atoms with Gasteiger partial charge in [-0.1, -0.05) is 67.5 Å². The maximum Gasteiger partial charge on any atom is 0.136 e. The van der Waals surface area contributed by atoms with Crippen LogP contribution >= 0.6 is 24.0 Å². The number of hydrogen-bond donors (Lipinski definition) is 0. The lowest BCUT2D eigenvalue weighted by Crippen LogP contribution is -2.60. The van der Waals surface area contributed by atoms with Gasteiger partial charge in [-0.3, -0.25) is 4.48 Å². The van der Waals surface area contributed by atoms with Crippen LogP contribution in [0, 0.1) is 10.8 Å². The fraction of sp³-hybridized carbons (Fsp3) is 0.714. The minimum absolute atomic E-state index is 0. The van der Waals surface area contributed by atoms with Crippen molar-refractivity contribution in [2.24, 2.45) is 10.8 Å². The fourth-order valence-electron chi connectivity index (χ4n) is 4.49. The van der Waals surface area contributed by atoms with Gasteiger partial charge in [-0.25, -0.2) is 0 Å². The Labute approximate surface area is 161 Å². The van der Waals surface area contributed by atoms with Crippen LogP contribution in [0.15, 0.2) is 18.2 Å². The predicted molar refractivity (Wildman–Crippen MR) is 115 cm³/mol. The van der Waals surface area contributed by atoms with E-state index in [2.05, 4.69) is 94.7 Å². The van der Waals surface area contributed by atoms with Gasteiger partial charge in [-0.2, -0.15) is 0 Å². The van der Waals surface area contributed by atoms with Crippen LogP contribution in [-0.4, -0.2) is 21.1 Å². The molecule has 23 heavy (non-hydrogen) atoms. The van der Waals surface area contributed by atoms with E-state index in [-0.39, 0.29) is 45.6 Å². The molecule has 0 saturated heterocycles. The Morgan fingerprint density at radius 2 is 1.13 bits per heavy atom. The molecule has 2 heteroatoms. The average molecular weight is 430 g/mol. The third kappa shape index (κ3) is 2.50. The number of hydrogen-bond acceptors (Lipinski definition) is 0. The van der Waals surface area contributed by atoms with Gasteiger partial charge in [-0.05, 0) is 27.9 Å². The third-order valence-electron chi connectivity index (χ3n) is 7.75.